The zero-order chi connectivity index (χ0) is 16.4. The van der Waals surface area contributed by atoms with E-state index in [2.05, 4.69) is 55.5 Å². The molecule has 0 aromatic heterocycles. The van der Waals surface area contributed by atoms with Crippen molar-refractivity contribution in [3.8, 4) is 0 Å². The molecule has 24 heavy (non-hydrogen) atoms. The number of allylic oxidation sites excluding steroid dienone is 4. The van der Waals surface area contributed by atoms with E-state index in [9.17, 15) is 0 Å². The Morgan fingerprint density at radius 2 is 1.67 bits per heavy atom. The summed E-state index contributed by atoms with van der Waals surface area (Å²) in [4.78, 5) is 4.71. The minimum Gasteiger partial charge on any atom is -0.256 e. The maximum absolute atomic E-state index is 4.71. The molecule has 1 nitrogen and oxygen atoms in total. The molecule has 0 saturated carbocycles. The molecule has 1 heteroatoms. The van der Waals surface area contributed by atoms with Crippen molar-refractivity contribution in [2.24, 2.45) is 4.99 Å². The van der Waals surface area contributed by atoms with Gasteiger partial charge >= 0.3 is 0 Å². The summed E-state index contributed by atoms with van der Waals surface area (Å²) >= 11 is 0. The van der Waals surface area contributed by atoms with E-state index in [0.29, 0.717) is 0 Å². The molecule has 0 radical (unpaired) electrons. The standard InChI is InChI=1S/C23H19N/c1-17-11-12-19(15-17)22-14-13-18-7-5-6-10-21(18)23(22)16-24-20-8-3-2-4-9-20/h2-11,13-16H,12H2,1H3/b24-16+. The van der Waals surface area contributed by atoms with Gasteiger partial charge in [0, 0.05) is 11.8 Å². The highest BCUT2D eigenvalue weighted by molar-refractivity contribution is 6.05. The molecular formula is C23H19N. The third kappa shape index (κ3) is 2.81. The van der Waals surface area contributed by atoms with Crippen LogP contribution in [-0.4, -0.2) is 6.21 Å². The lowest BCUT2D eigenvalue weighted by Crippen LogP contribution is -1.93. The number of rotatable bonds is 3. The number of hydrogen-bond acceptors (Lipinski definition) is 1. The quantitative estimate of drug-likeness (QED) is 0.502. The summed E-state index contributed by atoms with van der Waals surface area (Å²) in [5.74, 6) is 0. The number of hydrogen-bond donors (Lipinski definition) is 0. The molecule has 3 aromatic carbocycles. The van der Waals surface area contributed by atoms with Crippen LogP contribution in [0.25, 0.3) is 16.3 Å². The highest BCUT2D eigenvalue weighted by atomic mass is 14.7. The second-order valence-electron chi connectivity index (χ2n) is 6.16. The molecule has 0 fully saturated rings. The molecule has 0 amide bonds. The molecule has 3 aromatic rings. The van der Waals surface area contributed by atoms with Crippen LogP contribution in [0.1, 0.15) is 24.5 Å². The first-order valence-corrected chi connectivity index (χ1v) is 8.30. The van der Waals surface area contributed by atoms with E-state index in [1.165, 1.54) is 33.0 Å². The summed E-state index contributed by atoms with van der Waals surface area (Å²) in [5, 5.41) is 2.50. The van der Waals surface area contributed by atoms with Gasteiger partial charge < -0.3 is 0 Å². The van der Waals surface area contributed by atoms with Gasteiger partial charge in [0.2, 0.25) is 0 Å². The fraction of sp³-hybridized carbons (Fsp3) is 0.0870. The van der Waals surface area contributed by atoms with Gasteiger partial charge in [0.15, 0.2) is 0 Å². The van der Waals surface area contributed by atoms with Crippen molar-refractivity contribution in [3.63, 3.8) is 0 Å². The molecule has 0 atom stereocenters. The van der Waals surface area contributed by atoms with Gasteiger partial charge in [-0.2, -0.15) is 0 Å². The lowest BCUT2D eigenvalue weighted by atomic mass is 9.94. The number of benzene rings is 3. The van der Waals surface area contributed by atoms with Gasteiger partial charge in [0.05, 0.1) is 5.69 Å². The smallest absolute Gasteiger partial charge is 0.0629 e. The van der Waals surface area contributed by atoms with Gasteiger partial charge in [0.25, 0.3) is 0 Å². The van der Waals surface area contributed by atoms with E-state index < -0.39 is 0 Å². The normalized spacial score (nSPS) is 14.2. The lowest BCUT2D eigenvalue weighted by Gasteiger charge is -2.11. The predicted molar refractivity (Wildman–Crippen MR) is 104 cm³/mol. The highest BCUT2D eigenvalue weighted by Gasteiger charge is 2.12. The van der Waals surface area contributed by atoms with E-state index in [4.69, 9.17) is 4.99 Å². The Kier molecular flexibility index (Phi) is 3.84. The predicted octanol–water partition coefficient (Wildman–Crippen LogP) is 6.32. The first-order chi connectivity index (χ1) is 11.8. The summed E-state index contributed by atoms with van der Waals surface area (Å²) in [6, 6.07) is 23.1. The Hall–Kier alpha value is -2.93. The Bertz CT molecular complexity index is 975. The van der Waals surface area contributed by atoms with E-state index in [1.807, 2.05) is 36.5 Å². The van der Waals surface area contributed by atoms with E-state index in [0.717, 1.165) is 12.1 Å². The molecule has 1 aliphatic rings. The Morgan fingerprint density at radius 1 is 0.875 bits per heavy atom. The van der Waals surface area contributed by atoms with Crippen molar-refractivity contribution >= 4 is 28.2 Å². The number of aliphatic imine (C=N–C) groups is 1. The third-order valence-corrected chi connectivity index (χ3v) is 4.46. The van der Waals surface area contributed by atoms with E-state index in [1.54, 1.807) is 0 Å². The first-order valence-electron chi connectivity index (χ1n) is 8.30. The second-order valence-corrected chi connectivity index (χ2v) is 6.16. The van der Waals surface area contributed by atoms with Crippen LogP contribution in [0, 0.1) is 0 Å². The van der Waals surface area contributed by atoms with Crippen LogP contribution >= 0.6 is 0 Å². The topological polar surface area (TPSA) is 12.4 Å². The number of nitrogens with zero attached hydrogens (tertiary/aromatic N) is 1. The van der Waals surface area contributed by atoms with Gasteiger partial charge in [-0.15, -0.1) is 0 Å². The number of fused-ring (bicyclic) bond motifs is 1. The zero-order valence-electron chi connectivity index (χ0n) is 13.7. The maximum atomic E-state index is 4.71. The fourth-order valence-corrected chi connectivity index (χ4v) is 3.22. The van der Waals surface area contributed by atoms with E-state index >= 15 is 0 Å². The molecule has 1 aliphatic carbocycles. The van der Waals surface area contributed by atoms with Crippen molar-refractivity contribution < 1.29 is 0 Å². The largest absolute Gasteiger partial charge is 0.256 e. The van der Waals surface area contributed by atoms with Gasteiger partial charge in [-0.1, -0.05) is 72.3 Å². The minimum atomic E-state index is 0.978. The van der Waals surface area contributed by atoms with Crippen molar-refractivity contribution in [3.05, 3.63) is 95.6 Å². The highest BCUT2D eigenvalue weighted by Crippen LogP contribution is 2.32. The fourth-order valence-electron chi connectivity index (χ4n) is 3.22. The van der Waals surface area contributed by atoms with Gasteiger partial charge in [-0.05, 0) is 47.4 Å². The summed E-state index contributed by atoms with van der Waals surface area (Å²) in [5.41, 5.74) is 6.16. The van der Waals surface area contributed by atoms with Crippen LogP contribution in [0.15, 0.2) is 89.4 Å². The van der Waals surface area contributed by atoms with Crippen LogP contribution in [0.4, 0.5) is 5.69 Å². The van der Waals surface area contributed by atoms with Crippen LogP contribution in [0.3, 0.4) is 0 Å². The van der Waals surface area contributed by atoms with Crippen molar-refractivity contribution in [1.82, 2.24) is 0 Å². The van der Waals surface area contributed by atoms with E-state index in [-0.39, 0.29) is 0 Å². The molecule has 0 heterocycles. The molecule has 0 unspecified atom stereocenters. The molecule has 0 spiro atoms. The van der Waals surface area contributed by atoms with Crippen LogP contribution < -0.4 is 0 Å². The summed E-state index contributed by atoms with van der Waals surface area (Å²) in [7, 11) is 0. The van der Waals surface area contributed by atoms with Crippen LogP contribution in [0.2, 0.25) is 0 Å². The van der Waals surface area contributed by atoms with Crippen LogP contribution in [0.5, 0.6) is 0 Å². The summed E-state index contributed by atoms with van der Waals surface area (Å²) < 4.78 is 0. The Balaban J connectivity index is 1.87. The Labute approximate surface area is 142 Å². The molecule has 0 bridgehead atoms. The van der Waals surface area contributed by atoms with Crippen LogP contribution in [-0.2, 0) is 0 Å². The maximum Gasteiger partial charge on any atom is 0.0629 e. The van der Waals surface area contributed by atoms with Gasteiger partial charge in [-0.25, -0.2) is 0 Å². The zero-order valence-corrected chi connectivity index (χ0v) is 13.7. The molecule has 4 rings (SSSR count). The molecule has 0 saturated heterocycles. The second kappa shape index (κ2) is 6.29. The molecular weight excluding hydrogens is 290 g/mol. The lowest BCUT2D eigenvalue weighted by molar-refractivity contribution is 1.41. The minimum absolute atomic E-state index is 0.978. The van der Waals surface area contributed by atoms with Crippen molar-refractivity contribution in [1.29, 1.82) is 0 Å². The monoisotopic (exact) mass is 309 g/mol. The average molecular weight is 309 g/mol. The van der Waals surface area contributed by atoms with Gasteiger partial charge in [-0.3, -0.25) is 4.99 Å². The Morgan fingerprint density at radius 3 is 2.46 bits per heavy atom. The van der Waals surface area contributed by atoms with Crippen molar-refractivity contribution in [2.45, 2.75) is 13.3 Å². The number of para-hydroxylation sites is 1. The first kappa shape index (κ1) is 14.6. The van der Waals surface area contributed by atoms with Gasteiger partial charge in [0.1, 0.15) is 0 Å². The summed E-state index contributed by atoms with van der Waals surface area (Å²) in [6.07, 6.45) is 7.57. The third-order valence-electron chi connectivity index (χ3n) is 4.46. The van der Waals surface area contributed by atoms with Crippen molar-refractivity contribution in [2.75, 3.05) is 0 Å². The molecule has 0 aliphatic heterocycles. The average Bonchev–Trinajstić information content (AvgIpc) is 3.06. The molecule has 116 valence electrons. The molecule has 0 N–H and O–H groups in total. The summed E-state index contributed by atoms with van der Waals surface area (Å²) in [6.45, 7) is 2.16. The SMILES string of the molecule is CC1=CCC(c2ccc3ccccc3c2/C=N/c2ccccc2)=C1.